The highest BCUT2D eigenvalue weighted by Gasteiger charge is 2.38. The van der Waals surface area contributed by atoms with Crippen LogP contribution in [0.4, 0.5) is 5.69 Å². The van der Waals surface area contributed by atoms with Gasteiger partial charge in [0.2, 0.25) is 11.8 Å². The smallest absolute Gasteiger partial charge is 0.332 e. The Hall–Kier alpha value is -2.12. The molecule has 1 unspecified atom stereocenters. The summed E-state index contributed by atoms with van der Waals surface area (Å²) in [5.74, 6) is -1.72. The van der Waals surface area contributed by atoms with Crippen LogP contribution in [0.5, 0.6) is 0 Å². The van der Waals surface area contributed by atoms with Crippen LogP contribution in [0.2, 0.25) is 5.02 Å². The highest BCUT2D eigenvalue weighted by atomic mass is 35.5. The van der Waals surface area contributed by atoms with E-state index in [1.54, 1.807) is 29.2 Å². The number of benzene rings is 1. The van der Waals surface area contributed by atoms with E-state index in [1.807, 2.05) is 0 Å². The van der Waals surface area contributed by atoms with Gasteiger partial charge in [-0.15, -0.1) is 0 Å². The van der Waals surface area contributed by atoms with Crippen LogP contribution in [0.15, 0.2) is 24.3 Å². The SMILES string of the molecule is O=C(NC1CCN(c2cccc(Cl)c2)C1=O)[C@@H]1CC[C@H](C(=O)O)O1. The lowest BCUT2D eigenvalue weighted by Gasteiger charge is -2.18. The number of halogens is 1. The van der Waals surface area contributed by atoms with E-state index in [4.69, 9.17) is 21.4 Å². The van der Waals surface area contributed by atoms with Crippen molar-refractivity contribution in [1.29, 1.82) is 0 Å². The molecule has 3 rings (SSSR count). The van der Waals surface area contributed by atoms with Gasteiger partial charge in [-0.1, -0.05) is 17.7 Å². The summed E-state index contributed by atoms with van der Waals surface area (Å²) in [5.41, 5.74) is 0.687. The Bertz CT molecular complexity index is 680. The van der Waals surface area contributed by atoms with E-state index in [2.05, 4.69) is 5.32 Å². The molecule has 3 atom stereocenters. The van der Waals surface area contributed by atoms with Gasteiger partial charge in [0.15, 0.2) is 6.10 Å². The monoisotopic (exact) mass is 352 g/mol. The number of nitrogens with one attached hydrogen (secondary N) is 1. The molecule has 2 fully saturated rings. The third kappa shape index (κ3) is 3.37. The maximum atomic E-state index is 12.5. The molecule has 7 nitrogen and oxygen atoms in total. The van der Waals surface area contributed by atoms with Crippen molar-refractivity contribution in [2.45, 2.75) is 37.5 Å². The molecule has 0 radical (unpaired) electrons. The van der Waals surface area contributed by atoms with E-state index in [-0.39, 0.29) is 5.91 Å². The third-order valence-corrected chi connectivity index (χ3v) is 4.46. The number of carboxylic acids is 1. The van der Waals surface area contributed by atoms with E-state index in [1.165, 1.54) is 0 Å². The second-order valence-electron chi connectivity index (χ2n) is 5.85. The summed E-state index contributed by atoms with van der Waals surface area (Å²) in [5, 5.41) is 12.1. The minimum atomic E-state index is -1.07. The Kier molecular flexibility index (Phi) is 4.73. The summed E-state index contributed by atoms with van der Waals surface area (Å²) in [4.78, 5) is 37.1. The average molecular weight is 353 g/mol. The van der Waals surface area contributed by atoms with E-state index in [9.17, 15) is 14.4 Å². The Morgan fingerprint density at radius 2 is 2.00 bits per heavy atom. The fourth-order valence-corrected chi connectivity index (χ4v) is 3.18. The fraction of sp³-hybridized carbons (Fsp3) is 0.438. The summed E-state index contributed by atoms with van der Waals surface area (Å²) >= 11 is 5.94. The molecule has 2 aliphatic rings. The molecule has 0 aromatic heterocycles. The van der Waals surface area contributed by atoms with E-state index < -0.39 is 30.1 Å². The first-order chi connectivity index (χ1) is 11.5. The van der Waals surface area contributed by atoms with Gasteiger partial charge in [-0.05, 0) is 37.5 Å². The number of ether oxygens (including phenoxy) is 1. The second kappa shape index (κ2) is 6.78. The number of nitrogens with zero attached hydrogens (tertiary/aromatic N) is 1. The Morgan fingerprint density at radius 3 is 2.67 bits per heavy atom. The molecule has 2 saturated heterocycles. The van der Waals surface area contributed by atoms with Crippen molar-refractivity contribution in [2.24, 2.45) is 0 Å². The Labute approximate surface area is 143 Å². The third-order valence-electron chi connectivity index (χ3n) is 4.23. The van der Waals surface area contributed by atoms with Crippen molar-refractivity contribution in [3.8, 4) is 0 Å². The van der Waals surface area contributed by atoms with Crippen LogP contribution in [0.3, 0.4) is 0 Å². The maximum Gasteiger partial charge on any atom is 0.332 e. The number of aliphatic carboxylic acids is 1. The number of carbonyl (C=O) groups excluding carboxylic acids is 2. The first-order valence-corrected chi connectivity index (χ1v) is 8.09. The second-order valence-corrected chi connectivity index (χ2v) is 6.28. The lowest BCUT2D eigenvalue weighted by Crippen LogP contribution is -2.45. The minimum Gasteiger partial charge on any atom is -0.479 e. The number of carbonyl (C=O) groups is 3. The zero-order valence-electron chi connectivity index (χ0n) is 12.8. The van der Waals surface area contributed by atoms with Crippen molar-refractivity contribution in [2.75, 3.05) is 11.4 Å². The molecule has 1 aromatic rings. The number of rotatable bonds is 4. The van der Waals surface area contributed by atoms with Crippen LogP contribution >= 0.6 is 11.6 Å². The van der Waals surface area contributed by atoms with Crippen LogP contribution in [0.25, 0.3) is 0 Å². The molecule has 8 heteroatoms. The molecule has 2 heterocycles. The van der Waals surface area contributed by atoms with Gasteiger partial charge in [0.05, 0.1) is 0 Å². The number of amides is 2. The summed E-state index contributed by atoms with van der Waals surface area (Å²) < 4.78 is 5.20. The lowest BCUT2D eigenvalue weighted by molar-refractivity contribution is -0.152. The van der Waals surface area contributed by atoms with E-state index in [0.717, 1.165) is 0 Å². The van der Waals surface area contributed by atoms with Crippen LogP contribution in [-0.2, 0) is 19.1 Å². The summed E-state index contributed by atoms with van der Waals surface area (Å²) in [6.07, 6.45) is -0.670. The summed E-state index contributed by atoms with van der Waals surface area (Å²) in [7, 11) is 0. The molecule has 24 heavy (non-hydrogen) atoms. The highest BCUT2D eigenvalue weighted by molar-refractivity contribution is 6.31. The van der Waals surface area contributed by atoms with Gasteiger partial charge in [-0.2, -0.15) is 0 Å². The zero-order chi connectivity index (χ0) is 17.3. The van der Waals surface area contributed by atoms with Gasteiger partial charge in [0.25, 0.3) is 0 Å². The molecular weight excluding hydrogens is 336 g/mol. The summed E-state index contributed by atoms with van der Waals surface area (Å²) in [6.45, 7) is 0.480. The van der Waals surface area contributed by atoms with Crippen LogP contribution in [0, 0.1) is 0 Å². The molecule has 0 bridgehead atoms. The standard InChI is InChI=1S/C16H17ClN2O5/c17-9-2-1-3-10(8-9)19-7-6-11(15(19)21)18-14(20)12-4-5-13(24-12)16(22)23/h1-3,8,11-13H,4-7H2,(H,18,20)(H,22,23)/t11?,12-,13+/m0/s1. The largest absolute Gasteiger partial charge is 0.479 e. The first kappa shape index (κ1) is 16.7. The summed E-state index contributed by atoms with van der Waals surface area (Å²) in [6, 6.07) is 6.33. The number of hydrogen-bond acceptors (Lipinski definition) is 4. The number of anilines is 1. The van der Waals surface area contributed by atoms with Crippen molar-refractivity contribution in [3.05, 3.63) is 29.3 Å². The first-order valence-electron chi connectivity index (χ1n) is 7.71. The molecule has 128 valence electrons. The number of carboxylic acid groups (broad SMARTS) is 1. The van der Waals surface area contributed by atoms with Gasteiger partial charge in [0.1, 0.15) is 12.1 Å². The Morgan fingerprint density at radius 1 is 1.25 bits per heavy atom. The van der Waals surface area contributed by atoms with E-state index in [0.29, 0.717) is 36.5 Å². The molecule has 0 spiro atoms. The van der Waals surface area contributed by atoms with Crippen molar-refractivity contribution in [1.82, 2.24) is 5.32 Å². The molecule has 1 aromatic carbocycles. The predicted molar refractivity (Wildman–Crippen MR) is 85.9 cm³/mol. The predicted octanol–water partition coefficient (Wildman–Crippen LogP) is 1.19. The van der Waals surface area contributed by atoms with Gasteiger partial charge in [-0.25, -0.2) is 4.79 Å². The minimum absolute atomic E-state index is 0.210. The van der Waals surface area contributed by atoms with Crippen molar-refractivity contribution in [3.63, 3.8) is 0 Å². The van der Waals surface area contributed by atoms with Gasteiger partial charge in [0, 0.05) is 17.3 Å². The van der Waals surface area contributed by atoms with Gasteiger partial charge >= 0.3 is 5.97 Å². The molecular formula is C16H17ClN2O5. The molecule has 2 amide bonds. The molecule has 0 aliphatic carbocycles. The molecule has 2 aliphatic heterocycles. The van der Waals surface area contributed by atoms with Crippen molar-refractivity contribution < 1.29 is 24.2 Å². The van der Waals surface area contributed by atoms with Gasteiger partial charge < -0.3 is 20.1 Å². The maximum absolute atomic E-state index is 12.5. The molecule has 0 saturated carbocycles. The van der Waals surface area contributed by atoms with E-state index >= 15 is 0 Å². The molecule has 2 N–H and O–H groups in total. The zero-order valence-corrected chi connectivity index (χ0v) is 13.5. The van der Waals surface area contributed by atoms with Crippen LogP contribution < -0.4 is 10.2 Å². The lowest BCUT2D eigenvalue weighted by atomic mass is 10.1. The Balaban J connectivity index is 1.60. The fourth-order valence-electron chi connectivity index (χ4n) is 2.99. The highest BCUT2D eigenvalue weighted by Crippen LogP contribution is 2.25. The number of hydrogen-bond donors (Lipinski definition) is 2. The average Bonchev–Trinajstić information content (AvgIpc) is 3.15. The van der Waals surface area contributed by atoms with Crippen molar-refractivity contribution >= 4 is 35.1 Å². The van der Waals surface area contributed by atoms with Gasteiger partial charge in [-0.3, -0.25) is 9.59 Å². The topological polar surface area (TPSA) is 95.9 Å². The normalized spacial score (nSPS) is 26.6. The van der Waals surface area contributed by atoms with Crippen LogP contribution in [0.1, 0.15) is 19.3 Å². The quantitative estimate of drug-likeness (QED) is 0.848. The van der Waals surface area contributed by atoms with Crippen LogP contribution in [-0.4, -0.2) is 47.7 Å².